The van der Waals surface area contributed by atoms with Crippen LogP contribution in [0.2, 0.25) is 0 Å². The van der Waals surface area contributed by atoms with Gasteiger partial charge in [0.25, 0.3) is 0 Å². The Morgan fingerprint density at radius 2 is 1.06 bits per heavy atom. The average Bonchev–Trinajstić information content (AvgIpc) is 2.78. The number of aromatic hydroxyl groups is 2. The summed E-state index contributed by atoms with van der Waals surface area (Å²) in [5.74, 6) is 0.835. The molecule has 1 atom stereocenters. The van der Waals surface area contributed by atoms with Crippen molar-refractivity contribution < 1.29 is 10.2 Å². The third-order valence-corrected chi connectivity index (χ3v) is 6.45. The Hall–Kier alpha value is -1.96. The zero-order chi connectivity index (χ0) is 22.2. The van der Waals surface area contributed by atoms with Crippen LogP contribution in [0.3, 0.4) is 0 Å². The molecule has 0 aromatic heterocycles. The van der Waals surface area contributed by atoms with E-state index in [-0.39, 0.29) is 11.7 Å². The molecule has 1 unspecified atom stereocenters. The third-order valence-electron chi connectivity index (χ3n) is 6.45. The Morgan fingerprint density at radius 1 is 0.581 bits per heavy atom. The van der Waals surface area contributed by atoms with Crippen LogP contribution < -0.4 is 0 Å². The molecule has 2 heteroatoms. The molecule has 0 aliphatic heterocycles. The molecule has 2 aromatic rings. The van der Waals surface area contributed by atoms with Crippen LogP contribution >= 0.6 is 0 Å². The summed E-state index contributed by atoms with van der Waals surface area (Å²) < 4.78 is 0. The molecule has 31 heavy (non-hydrogen) atoms. The van der Waals surface area contributed by atoms with Crippen LogP contribution in [0.15, 0.2) is 48.5 Å². The molecule has 0 saturated heterocycles. The fourth-order valence-corrected chi connectivity index (χ4v) is 4.53. The van der Waals surface area contributed by atoms with Gasteiger partial charge in [0.1, 0.15) is 11.5 Å². The van der Waals surface area contributed by atoms with Gasteiger partial charge in [0.05, 0.1) is 0 Å². The van der Waals surface area contributed by atoms with Gasteiger partial charge in [-0.25, -0.2) is 0 Å². The molecule has 0 fully saturated rings. The van der Waals surface area contributed by atoms with Crippen molar-refractivity contribution in [1.29, 1.82) is 0 Å². The van der Waals surface area contributed by atoms with Gasteiger partial charge in [-0.15, -0.1) is 0 Å². The van der Waals surface area contributed by atoms with Crippen molar-refractivity contribution in [2.45, 2.75) is 109 Å². The predicted octanol–water partition coefficient (Wildman–Crippen LogP) is 9.10. The third kappa shape index (κ3) is 10.3. The molecular formula is C29H44O2. The first-order chi connectivity index (χ1) is 15.2. The van der Waals surface area contributed by atoms with Gasteiger partial charge in [-0.3, -0.25) is 0 Å². The Balaban J connectivity index is 1.61. The fraction of sp³-hybridized carbons (Fsp3) is 0.586. The van der Waals surface area contributed by atoms with E-state index < -0.39 is 0 Å². The van der Waals surface area contributed by atoms with Gasteiger partial charge in [0.15, 0.2) is 0 Å². The molecule has 0 heterocycles. The number of para-hydroxylation sites is 1. The maximum atomic E-state index is 10.4. The second-order valence-corrected chi connectivity index (χ2v) is 9.09. The number of hydrogen-bond donors (Lipinski definition) is 2. The van der Waals surface area contributed by atoms with Crippen molar-refractivity contribution in [2.24, 2.45) is 0 Å². The lowest BCUT2D eigenvalue weighted by Crippen LogP contribution is -2.02. The molecule has 0 aliphatic carbocycles. The highest BCUT2D eigenvalue weighted by Crippen LogP contribution is 2.35. The first-order valence-corrected chi connectivity index (χ1v) is 12.8. The molecule has 0 spiro atoms. The van der Waals surface area contributed by atoms with E-state index in [9.17, 15) is 10.2 Å². The van der Waals surface area contributed by atoms with E-state index in [1.54, 1.807) is 18.2 Å². The van der Waals surface area contributed by atoms with Crippen LogP contribution in [0, 0.1) is 0 Å². The molecule has 2 rings (SSSR count). The molecule has 2 aromatic carbocycles. The van der Waals surface area contributed by atoms with Gasteiger partial charge in [-0.1, -0.05) is 127 Å². The summed E-state index contributed by atoms with van der Waals surface area (Å²) in [5, 5.41) is 20.0. The monoisotopic (exact) mass is 424 g/mol. The number of hydrogen-bond acceptors (Lipinski definition) is 2. The minimum absolute atomic E-state index is 0.180. The molecule has 0 bridgehead atoms. The number of rotatable bonds is 17. The van der Waals surface area contributed by atoms with Crippen LogP contribution in [-0.2, 0) is 0 Å². The standard InChI is InChI=1S/C29H44O2/c1-2-3-4-5-6-7-8-9-10-11-12-13-14-15-18-27(25-21-23-26(30)24-22-25)28-19-16-17-20-29(28)31/h16-17,19-24,27,30-31H,2-15,18H2,1H3. The largest absolute Gasteiger partial charge is 0.508 e. The van der Waals surface area contributed by atoms with Gasteiger partial charge in [0, 0.05) is 11.5 Å². The number of phenolic OH excluding ortho intramolecular Hbond substituents is 2. The molecule has 2 nitrogen and oxygen atoms in total. The van der Waals surface area contributed by atoms with Crippen molar-refractivity contribution >= 4 is 0 Å². The molecule has 0 radical (unpaired) electrons. The van der Waals surface area contributed by atoms with Crippen molar-refractivity contribution in [3.8, 4) is 11.5 Å². The van der Waals surface area contributed by atoms with Gasteiger partial charge in [-0.2, -0.15) is 0 Å². The van der Waals surface area contributed by atoms with E-state index >= 15 is 0 Å². The first-order valence-electron chi connectivity index (χ1n) is 12.8. The Kier molecular flexibility index (Phi) is 12.9. The molecular weight excluding hydrogens is 380 g/mol. The van der Waals surface area contributed by atoms with Gasteiger partial charge < -0.3 is 10.2 Å². The van der Waals surface area contributed by atoms with E-state index in [4.69, 9.17) is 0 Å². The topological polar surface area (TPSA) is 40.5 Å². The lowest BCUT2D eigenvalue weighted by molar-refractivity contribution is 0.459. The van der Waals surface area contributed by atoms with Gasteiger partial charge in [-0.05, 0) is 30.2 Å². The second-order valence-electron chi connectivity index (χ2n) is 9.09. The minimum Gasteiger partial charge on any atom is -0.508 e. The highest BCUT2D eigenvalue weighted by atomic mass is 16.3. The zero-order valence-corrected chi connectivity index (χ0v) is 19.7. The van der Waals surface area contributed by atoms with E-state index in [1.165, 1.54) is 83.5 Å². The molecule has 0 aliphatic rings. The Labute approximate surface area is 190 Å². The Bertz CT molecular complexity index is 692. The number of unbranched alkanes of at least 4 members (excludes halogenated alkanes) is 13. The summed E-state index contributed by atoms with van der Waals surface area (Å²) in [6.45, 7) is 2.28. The molecule has 2 N–H and O–H groups in total. The van der Waals surface area contributed by atoms with Crippen molar-refractivity contribution in [3.63, 3.8) is 0 Å². The van der Waals surface area contributed by atoms with Crippen LogP contribution in [0.4, 0.5) is 0 Å². The predicted molar refractivity (Wildman–Crippen MR) is 133 cm³/mol. The van der Waals surface area contributed by atoms with Gasteiger partial charge >= 0.3 is 0 Å². The maximum absolute atomic E-state index is 10.4. The Morgan fingerprint density at radius 3 is 1.58 bits per heavy atom. The van der Waals surface area contributed by atoms with E-state index in [0.717, 1.165) is 24.0 Å². The molecule has 172 valence electrons. The van der Waals surface area contributed by atoms with Crippen LogP contribution in [0.1, 0.15) is 120 Å². The van der Waals surface area contributed by atoms with Crippen LogP contribution in [0.25, 0.3) is 0 Å². The SMILES string of the molecule is CCCCCCCCCCCCCCCCC(c1ccc(O)cc1)c1ccccc1O. The zero-order valence-electron chi connectivity index (χ0n) is 19.7. The normalized spacial score (nSPS) is 12.2. The van der Waals surface area contributed by atoms with Gasteiger partial charge in [0.2, 0.25) is 0 Å². The number of benzene rings is 2. The summed E-state index contributed by atoms with van der Waals surface area (Å²) in [7, 11) is 0. The molecule has 0 amide bonds. The van der Waals surface area contributed by atoms with Crippen LogP contribution in [-0.4, -0.2) is 10.2 Å². The smallest absolute Gasteiger partial charge is 0.119 e. The summed E-state index contributed by atoms with van der Waals surface area (Å²) in [5.41, 5.74) is 2.15. The minimum atomic E-state index is 0.180. The molecule has 0 saturated carbocycles. The van der Waals surface area contributed by atoms with Crippen molar-refractivity contribution in [3.05, 3.63) is 59.7 Å². The first kappa shape index (κ1) is 25.3. The summed E-state index contributed by atoms with van der Waals surface area (Å²) >= 11 is 0. The van der Waals surface area contributed by atoms with E-state index in [2.05, 4.69) is 6.92 Å². The quantitative estimate of drug-likeness (QED) is 0.249. The lowest BCUT2D eigenvalue weighted by Gasteiger charge is -2.19. The van der Waals surface area contributed by atoms with Crippen molar-refractivity contribution in [2.75, 3.05) is 0 Å². The highest BCUT2D eigenvalue weighted by molar-refractivity contribution is 5.42. The lowest BCUT2D eigenvalue weighted by atomic mass is 9.86. The van der Waals surface area contributed by atoms with Crippen LogP contribution in [0.5, 0.6) is 11.5 Å². The summed E-state index contributed by atoms with van der Waals surface area (Å²) in [6, 6.07) is 15.1. The number of phenols is 2. The van der Waals surface area contributed by atoms with E-state index in [1.807, 2.05) is 30.3 Å². The second kappa shape index (κ2) is 15.8. The highest BCUT2D eigenvalue weighted by Gasteiger charge is 2.17. The summed E-state index contributed by atoms with van der Waals surface area (Å²) in [4.78, 5) is 0. The fourth-order valence-electron chi connectivity index (χ4n) is 4.53. The van der Waals surface area contributed by atoms with E-state index in [0.29, 0.717) is 5.75 Å². The average molecular weight is 425 g/mol. The van der Waals surface area contributed by atoms with Crippen molar-refractivity contribution in [1.82, 2.24) is 0 Å². The summed E-state index contributed by atoms with van der Waals surface area (Å²) in [6.07, 6.45) is 20.1. The maximum Gasteiger partial charge on any atom is 0.119 e.